The van der Waals surface area contributed by atoms with Gasteiger partial charge in [0.15, 0.2) is 0 Å². The Morgan fingerprint density at radius 2 is 1.94 bits per heavy atom. The van der Waals surface area contributed by atoms with Gasteiger partial charge in [0.2, 0.25) is 0 Å². The first kappa shape index (κ1) is 17.0. The molecule has 1 unspecified atom stereocenters. The van der Waals surface area contributed by atoms with Crippen LogP contribution in [0.5, 0.6) is 0 Å². The first-order valence-corrected chi connectivity index (χ1v) is 6.38. The van der Waals surface area contributed by atoms with Crippen molar-refractivity contribution in [3.05, 3.63) is 0 Å². The Balaban J connectivity index is 4.52. The first-order chi connectivity index (χ1) is 8.15. The standard InChI is InChI=1S/C10H19NO6S/c1-10(2,3)17-9(13)7(11-18(14)15)5-6-8(12)16-4/h7,11H,5-6H2,1-4H3,(H,14,15)/p-1/t7-/m0/s1. The number of nitrogens with one attached hydrogen (secondary N) is 1. The summed E-state index contributed by atoms with van der Waals surface area (Å²) in [6, 6.07) is -1.10. The molecule has 0 radical (unpaired) electrons. The van der Waals surface area contributed by atoms with Crippen molar-refractivity contribution in [2.24, 2.45) is 0 Å². The highest BCUT2D eigenvalue weighted by molar-refractivity contribution is 7.77. The minimum atomic E-state index is -2.61. The molecule has 0 bridgehead atoms. The van der Waals surface area contributed by atoms with Gasteiger partial charge in [-0.15, -0.1) is 0 Å². The predicted molar refractivity (Wildman–Crippen MR) is 62.9 cm³/mol. The van der Waals surface area contributed by atoms with E-state index < -0.39 is 34.8 Å². The molecule has 0 aromatic heterocycles. The topological polar surface area (TPSA) is 105 Å². The lowest BCUT2D eigenvalue weighted by atomic mass is 10.1. The second-order valence-corrected chi connectivity index (χ2v) is 5.26. The zero-order chi connectivity index (χ0) is 14.3. The Bertz CT molecular complexity index is 325. The highest BCUT2D eigenvalue weighted by atomic mass is 32.2. The zero-order valence-corrected chi connectivity index (χ0v) is 11.7. The summed E-state index contributed by atoms with van der Waals surface area (Å²) in [6.07, 6.45) is -0.0970. The normalized spacial score (nSPS) is 14.7. The number of hydrogen-bond donors (Lipinski definition) is 1. The van der Waals surface area contributed by atoms with Crippen LogP contribution in [0.15, 0.2) is 0 Å². The lowest BCUT2D eigenvalue weighted by Gasteiger charge is -2.24. The summed E-state index contributed by atoms with van der Waals surface area (Å²) < 4.78 is 32.6. The van der Waals surface area contributed by atoms with Gasteiger partial charge >= 0.3 is 11.9 Å². The van der Waals surface area contributed by atoms with Gasteiger partial charge in [-0.2, -0.15) is 0 Å². The van der Waals surface area contributed by atoms with Crippen LogP contribution in [-0.4, -0.2) is 39.5 Å². The Morgan fingerprint density at radius 1 is 1.39 bits per heavy atom. The summed E-state index contributed by atoms with van der Waals surface area (Å²) >= 11 is -2.61. The average molecular weight is 280 g/mol. The summed E-state index contributed by atoms with van der Waals surface area (Å²) in [5.41, 5.74) is -0.730. The molecule has 0 fully saturated rings. The summed E-state index contributed by atoms with van der Waals surface area (Å²) in [7, 11) is 1.21. The molecule has 0 aliphatic heterocycles. The number of esters is 2. The second kappa shape index (κ2) is 7.45. The maximum atomic E-state index is 11.7. The van der Waals surface area contributed by atoms with E-state index in [1.54, 1.807) is 20.8 Å². The fourth-order valence-corrected chi connectivity index (χ4v) is 1.52. The van der Waals surface area contributed by atoms with Crippen LogP contribution in [0.3, 0.4) is 0 Å². The van der Waals surface area contributed by atoms with Gasteiger partial charge in [0.05, 0.1) is 7.11 Å². The van der Waals surface area contributed by atoms with E-state index in [9.17, 15) is 18.4 Å². The van der Waals surface area contributed by atoms with E-state index in [1.807, 2.05) is 4.72 Å². The minimum Gasteiger partial charge on any atom is -0.760 e. The van der Waals surface area contributed by atoms with E-state index in [1.165, 1.54) is 7.11 Å². The molecule has 0 saturated carbocycles. The van der Waals surface area contributed by atoms with Crippen molar-refractivity contribution in [1.29, 1.82) is 0 Å². The maximum absolute atomic E-state index is 11.7. The molecule has 0 spiro atoms. The lowest BCUT2D eigenvalue weighted by Crippen LogP contribution is -2.42. The third-order valence-corrected chi connectivity index (χ3v) is 2.27. The van der Waals surface area contributed by atoms with Gasteiger partial charge in [-0.1, -0.05) is 0 Å². The summed E-state index contributed by atoms with van der Waals surface area (Å²) in [4.78, 5) is 22.6. The van der Waals surface area contributed by atoms with Crippen LogP contribution >= 0.6 is 0 Å². The average Bonchev–Trinajstić information content (AvgIpc) is 2.20. The van der Waals surface area contributed by atoms with Crippen LogP contribution in [0.4, 0.5) is 0 Å². The van der Waals surface area contributed by atoms with Crippen LogP contribution in [0.25, 0.3) is 0 Å². The minimum absolute atomic E-state index is 0.0183. The highest BCUT2D eigenvalue weighted by Crippen LogP contribution is 2.11. The Kier molecular flexibility index (Phi) is 7.04. The van der Waals surface area contributed by atoms with E-state index in [0.717, 1.165) is 0 Å². The maximum Gasteiger partial charge on any atom is 0.324 e. The van der Waals surface area contributed by atoms with Crippen LogP contribution in [0.2, 0.25) is 0 Å². The molecule has 0 rings (SSSR count). The molecular formula is C10H18NO6S-. The molecule has 0 aromatic carbocycles. The summed E-state index contributed by atoms with van der Waals surface area (Å²) in [5, 5.41) is 0. The molecule has 0 aliphatic rings. The zero-order valence-electron chi connectivity index (χ0n) is 10.8. The molecule has 0 saturated heterocycles. The number of hydrogen-bond acceptors (Lipinski definition) is 6. The van der Waals surface area contributed by atoms with Gasteiger partial charge in [0, 0.05) is 17.7 Å². The van der Waals surface area contributed by atoms with Crippen LogP contribution < -0.4 is 4.72 Å². The molecule has 7 nitrogen and oxygen atoms in total. The number of rotatable bonds is 6. The Labute approximate surface area is 109 Å². The lowest BCUT2D eigenvalue weighted by molar-refractivity contribution is -0.157. The Morgan fingerprint density at radius 3 is 2.33 bits per heavy atom. The first-order valence-electron chi connectivity index (χ1n) is 5.31. The molecule has 8 heteroatoms. The van der Waals surface area contributed by atoms with Crippen molar-refractivity contribution in [3.8, 4) is 0 Å². The van der Waals surface area contributed by atoms with Crippen LogP contribution in [0.1, 0.15) is 33.6 Å². The van der Waals surface area contributed by atoms with E-state index in [0.29, 0.717) is 0 Å². The number of carbonyl (C=O) groups excluding carboxylic acids is 2. The smallest absolute Gasteiger partial charge is 0.324 e. The molecule has 18 heavy (non-hydrogen) atoms. The van der Waals surface area contributed by atoms with Gasteiger partial charge in [-0.05, 0) is 27.2 Å². The van der Waals surface area contributed by atoms with Gasteiger partial charge in [-0.3, -0.25) is 13.8 Å². The quantitative estimate of drug-likeness (QED) is 0.544. The van der Waals surface area contributed by atoms with Gasteiger partial charge in [-0.25, -0.2) is 4.72 Å². The van der Waals surface area contributed by atoms with Crippen LogP contribution in [-0.2, 0) is 30.3 Å². The molecule has 2 atom stereocenters. The van der Waals surface area contributed by atoms with Crippen molar-refractivity contribution < 1.29 is 27.8 Å². The molecule has 1 N–H and O–H groups in total. The third-order valence-electron chi connectivity index (χ3n) is 1.79. The Hall–Kier alpha value is -0.990. The highest BCUT2D eigenvalue weighted by Gasteiger charge is 2.25. The van der Waals surface area contributed by atoms with Crippen molar-refractivity contribution in [2.75, 3.05) is 7.11 Å². The van der Waals surface area contributed by atoms with Crippen molar-refractivity contribution in [3.63, 3.8) is 0 Å². The van der Waals surface area contributed by atoms with Crippen molar-refractivity contribution in [1.82, 2.24) is 4.72 Å². The second-order valence-electron chi connectivity index (χ2n) is 4.55. The molecule has 0 aromatic rings. The molecular weight excluding hydrogens is 262 g/mol. The molecule has 106 valence electrons. The number of methoxy groups -OCH3 is 1. The molecule has 0 aliphatic carbocycles. The fourth-order valence-electron chi connectivity index (χ4n) is 1.08. The number of carbonyl (C=O) groups is 2. The predicted octanol–water partition coefficient (Wildman–Crippen LogP) is 0.0336. The van der Waals surface area contributed by atoms with E-state index >= 15 is 0 Å². The summed E-state index contributed by atoms with van der Waals surface area (Å²) in [5.74, 6) is -1.25. The third kappa shape index (κ3) is 8.15. The monoisotopic (exact) mass is 280 g/mol. The van der Waals surface area contributed by atoms with Crippen molar-refractivity contribution >= 4 is 23.2 Å². The fraction of sp³-hybridized carbons (Fsp3) is 0.800. The van der Waals surface area contributed by atoms with Crippen LogP contribution in [0, 0.1) is 0 Å². The number of ether oxygens (including phenoxy) is 2. The SMILES string of the molecule is COC(=O)CC[C@H](NS(=O)[O-])C(=O)OC(C)(C)C. The molecule has 0 heterocycles. The van der Waals surface area contributed by atoms with Gasteiger partial charge in [0.25, 0.3) is 0 Å². The van der Waals surface area contributed by atoms with E-state index in [-0.39, 0.29) is 12.8 Å². The van der Waals surface area contributed by atoms with E-state index in [2.05, 4.69) is 4.74 Å². The largest absolute Gasteiger partial charge is 0.760 e. The summed E-state index contributed by atoms with van der Waals surface area (Å²) in [6.45, 7) is 4.99. The molecule has 0 amide bonds. The van der Waals surface area contributed by atoms with Gasteiger partial charge in [0.1, 0.15) is 11.6 Å². The van der Waals surface area contributed by atoms with E-state index in [4.69, 9.17) is 4.74 Å². The van der Waals surface area contributed by atoms with Gasteiger partial charge < -0.3 is 14.0 Å². The van der Waals surface area contributed by atoms with Crippen molar-refractivity contribution in [2.45, 2.75) is 45.3 Å².